The van der Waals surface area contributed by atoms with Crippen molar-refractivity contribution in [3.8, 4) is 55.9 Å². The van der Waals surface area contributed by atoms with Crippen LogP contribution in [0.15, 0.2) is 207 Å². The average Bonchev–Trinajstić information content (AvgIpc) is 3.28. The zero-order valence-corrected chi connectivity index (χ0v) is 30.5. The summed E-state index contributed by atoms with van der Waals surface area (Å²) in [6, 6.07) is 70.1. The molecule has 0 amide bonds. The third-order valence-corrected chi connectivity index (χ3v) is 11.4. The smallest absolute Gasteiger partial charge is 0.160 e. The monoisotopic (exact) mass is 710 g/mol. The Kier molecular flexibility index (Phi) is 7.53. The maximum Gasteiger partial charge on any atom is 0.160 e. The fourth-order valence-electron chi connectivity index (χ4n) is 8.97. The minimum absolute atomic E-state index is 0.723. The Balaban J connectivity index is 1.23. The summed E-state index contributed by atoms with van der Waals surface area (Å²) in [5.74, 6) is 0.723. The first-order valence-corrected chi connectivity index (χ1v) is 19.2. The molecule has 11 aromatic rings. The second-order valence-electron chi connectivity index (χ2n) is 14.4. The van der Waals surface area contributed by atoms with Crippen molar-refractivity contribution >= 4 is 53.9 Å². The zero-order chi connectivity index (χ0) is 37.0. The van der Waals surface area contributed by atoms with E-state index in [1.54, 1.807) is 0 Å². The van der Waals surface area contributed by atoms with Crippen LogP contribution in [0.5, 0.6) is 0 Å². The first-order chi connectivity index (χ1) is 27.8. The summed E-state index contributed by atoms with van der Waals surface area (Å²) in [5, 5.41) is 12.1. The normalized spacial score (nSPS) is 11.6. The van der Waals surface area contributed by atoms with E-state index in [2.05, 4.69) is 176 Å². The van der Waals surface area contributed by atoms with E-state index in [1.807, 2.05) is 30.6 Å². The van der Waals surface area contributed by atoms with Crippen LogP contribution in [0.4, 0.5) is 0 Å². The van der Waals surface area contributed by atoms with Crippen molar-refractivity contribution in [1.29, 1.82) is 0 Å². The van der Waals surface area contributed by atoms with Crippen LogP contribution < -0.4 is 0 Å². The van der Waals surface area contributed by atoms with Crippen molar-refractivity contribution in [3.05, 3.63) is 207 Å². The average molecular weight is 711 g/mol. The predicted molar refractivity (Wildman–Crippen MR) is 237 cm³/mol. The Morgan fingerprint density at radius 2 is 0.643 bits per heavy atom. The van der Waals surface area contributed by atoms with Gasteiger partial charge in [-0.15, -0.1) is 0 Å². The van der Waals surface area contributed by atoms with Gasteiger partial charge in [-0.1, -0.05) is 194 Å². The summed E-state index contributed by atoms with van der Waals surface area (Å²) in [5.41, 5.74) is 10.5. The minimum atomic E-state index is 0.723. The molecule has 260 valence electrons. The number of benzene rings is 10. The molecular formula is C54H34N2. The molecule has 56 heavy (non-hydrogen) atoms. The molecular weight excluding hydrogens is 677 g/mol. The van der Waals surface area contributed by atoms with Crippen LogP contribution in [0.25, 0.3) is 110 Å². The molecule has 0 atom stereocenters. The molecule has 0 radical (unpaired) electrons. The fourth-order valence-corrected chi connectivity index (χ4v) is 8.97. The standard InChI is InChI=1S/C54H34N2/c1-4-17-35(18-5-1)38-33-55-54(56-34-38)53-46-27-14-12-25-44(46)51(45-26-13-15-28-47(45)53)40-29-16-30-41-39(40)31-32-48-49(36-19-6-2-7-20-36)42-23-10-11-24-43(42)50(52(41)48)37-21-8-3-9-22-37/h1-34H. The van der Waals surface area contributed by atoms with E-state index in [4.69, 9.17) is 9.97 Å². The van der Waals surface area contributed by atoms with Crippen LogP contribution in [0, 0.1) is 0 Å². The highest BCUT2D eigenvalue weighted by atomic mass is 14.9. The summed E-state index contributed by atoms with van der Waals surface area (Å²) in [6.07, 6.45) is 3.89. The molecule has 1 heterocycles. The molecule has 0 spiro atoms. The Hall–Kier alpha value is -7.42. The maximum absolute atomic E-state index is 5.00. The van der Waals surface area contributed by atoms with Gasteiger partial charge >= 0.3 is 0 Å². The van der Waals surface area contributed by atoms with Gasteiger partial charge in [0, 0.05) is 23.5 Å². The van der Waals surface area contributed by atoms with Gasteiger partial charge < -0.3 is 0 Å². The third kappa shape index (κ3) is 5.04. The molecule has 0 aliphatic heterocycles. The van der Waals surface area contributed by atoms with Gasteiger partial charge in [-0.2, -0.15) is 0 Å². The van der Waals surface area contributed by atoms with Gasteiger partial charge in [-0.3, -0.25) is 0 Å². The van der Waals surface area contributed by atoms with Gasteiger partial charge in [0.05, 0.1) is 0 Å². The molecule has 10 aromatic carbocycles. The molecule has 0 N–H and O–H groups in total. The van der Waals surface area contributed by atoms with Crippen LogP contribution >= 0.6 is 0 Å². The molecule has 0 bridgehead atoms. The second-order valence-corrected chi connectivity index (χ2v) is 14.4. The number of aromatic nitrogens is 2. The lowest BCUT2D eigenvalue weighted by atomic mass is 9.82. The van der Waals surface area contributed by atoms with E-state index >= 15 is 0 Å². The summed E-state index contributed by atoms with van der Waals surface area (Å²) < 4.78 is 0. The number of fused-ring (bicyclic) bond motifs is 6. The quantitative estimate of drug-likeness (QED) is 0.131. The van der Waals surface area contributed by atoms with Crippen LogP contribution in [0.1, 0.15) is 0 Å². The molecule has 1 aromatic heterocycles. The predicted octanol–water partition coefficient (Wildman–Crippen LogP) is 14.6. The third-order valence-electron chi connectivity index (χ3n) is 11.4. The number of hydrogen-bond acceptors (Lipinski definition) is 2. The highest BCUT2D eigenvalue weighted by molar-refractivity contribution is 6.30. The van der Waals surface area contributed by atoms with Crippen molar-refractivity contribution < 1.29 is 0 Å². The van der Waals surface area contributed by atoms with Gasteiger partial charge in [-0.25, -0.2) is 9.97 Å². The molecule has 0 unspecified atom stereocenters. The Morgan fingerprint density at radius 1 is 0.232 bits per heavy atom. The number of nitrogens with zero attached hydrogens (tertiary/aromatic N) is 2. The van der Waals surface area contributed by atoms with Crippen LogP contribution in [-0.4, -0.2) is 9.97 Å². The molecule has 0 aliphatic carbocycles. The first-order valence-electron chi connectivity index (χ1n) is 19.2. The van der Waals surface area contributed by atoms with Gasteiger partial charge in [0.1, 0.15) is 0 Å². The summed E-state index contributed by atoms with van der Waals surface area (Å²) in [6.45, 7) is 0. The van der Waals surface area contributed by atoms with Crippen LogP contribution in [-0.2, 0) is 0 Å². The van der Waals surface area contributed by atoms with E-state index in [0.29, 0.717) is 0 Å². The fraction of sp³-hybridized carbons (Fsp3) is 0. The summed E-state index contributed by atoms with van der Waals surface area (Å²) >= 11 is 0. The lowest BCUT2D eigenvalue weighted by Crippen LogP contribution is -1.96. The van der Waals surface area contributed by atoms with Gasteiger partial charge in [0.15, 0.2) is 5.82 Å². The maximum atomic E-state index is 5.00. The SMILES string of the molecule is c1ccc(-c2cnc(-c3c4ccccc4c(-c4cccc5c4ccc4c(-c6ccccc6)c6ccccc6c(-c6ccccc6)c45)c4ccccc34)nc2)cc1. The van der Waals surface area contributed by atoms with E-state index in [0.717, 1.165) is 33.3 Å². The van der Waals surface area contributed by atoms with E-state index in [1.165, 1.54) is 76.5 Å². The first kappa shape index (κ1) is 32.0. The van der Waals surface area contributed by atoms with Crippen molar-refractivity contribution in [3.63, 3.8) is 0 Å². The zero-order valence-electron chi connectivity index (χ0n) is 30.5. The van der Waals surface area contributed by atoms with Gasteiger partial charge in [0.2, 0.25) is 0 Å². The molecule has 11 rings (SSSR count). The molecule has 2 heteroatoms. The largest absolute Gasteiger partial charge is 0.236 e. The second kappa shape index (κ2) is 13.2. The number of rotatable bonds is 5. The van der Waals surface area contributed by atoms with Crippen molar-refractivity contribution in [2.75, 3.05) is 0 Å². The molecule has 0 saturated heterocycles. The molecule has 0 saturated carbocycles. The minimum Gasteiger partial charge on any atom is -0.236 e. The highest BCUT2D eigenvalue weighted by Crippen LogP contribution is 2.49. The molecule has 0 fully saturated rings. The summed E-state index contributed by atoms with van der Waals surface area (Å²) in [7, 11) is 0. The van der Waals surface area contributed by atoms with E-state index in [9.17, 15) is 0 Å². The Bertz CT molecular complexity index is 3210. The lowest BCUT2D eigenvalue weighted by Gasteiger charge is -2.21. The Labute approximate surface area is 325 Å². The topological polar surface area (TPSA) is 25.8 Å². The van der Waals surface area contributed by atoms with Crippen LogP contribution in [0.3, 0.4) is 0 Å². The Morgan fingerprint density at radius 3 is 1.20 bits per heavy atom. The summed E-state index contributed by atoms with van der Waals surface area (Å²) in [4.78, 5) is 10.00. The van der Waals surface area contributed by atoms with Crippen molar-refractivity contribution in [1.82, 2.24) is 9.97 Å². The van der Waals surface area contributed by atoms with Gasteiger partial charge in [0.25, 0.3) is 0 Å². The van der Waals surface area contributed by atoms with Crippen molar-refractivity contribution in [2.45, 2.75) is 0 Å². The van der Waals surface area contributed by atoms with Gasteiger partial charge in [-0.05, 0) is 92.8 Å². The van der Waals surface area contributed by atoms with Crippen LogP contribution in [0.2, 0.25) is 0 Å². The molecule has 2 nitrogen and oxygen atoms in total. The van der Waals surface area contributed by atoms with E-state index in [-0.39, 0.29) is 0 Å². The van der Waals surface area contributed by atoms with Crippen molar-refractivity contribution in [2.24, 2.45) is 0 Å². The highest BCUT2D eigenvalue weighted by Gasteiger charge is 2.22. The number of hydrogen-bond donors (Lipinski definition) is 0. The van der Waals surface area contributed by atoms with E-state index < -0.39 is 0 Å². The lowest BCUT2D eigenvalue weighted by molar-refractivity contribution is 1.19. The molecule has 0 aliphatic rings.